The van der Waals surface area contributed by atoms with Crippen molar-refractivity contribution < 1.29 is 4.79 Å². The van der Waals surface area contributed by atoms with Gasteiger partial charge in [-0.15, -0.1) is 0 Å². The molecule has 0 saturated carbocycles. The minimum Gasteiger partial charge on any atom is -0.342 e. The number of nitrogens with zero attached hydrogens (tertiary/aromatic N) is 4. The summed E-state index contributed by atoms with van der Waals surface area (Å²) in [5.41, 5.74) is 7.31. The fraction of sp³-hybridized carbons (Fsp3) is 0.550. The Morgan fingerprint density at radius 2 is 2.26 bits per heavy atom. The van der Waals surface area contributed by atoms with Gasteiger partial charge in [0.25, 0.3) is 0 Å². The lowest BCUT2D eigenvalue weighted by Gasteiger charge is -2.34. The third-order valence-corrected chi connectivity index (χ3v) is 5.76. The second-order valence-electron chi connectivity index (χ2n) is 7.53. The van der Waals surface area contributed by atoms with Crippen molar-refractivity contribution in [3.05, 3.63) is 42.1 Å². The molecule has 0 spiro atoms. The van der Waals surface area contributed by atoms with Gasteiger partial charge in [-0.2, -0.15) is 0 Å². The van der Waals surface area contributed by atoms with Crippen molar-refractivity contribution in [2.24, 2.45) is 5.92 Å². The monoisotopic (exact) mass is 368 g/mol. The number of amides is 1. The van der Waals surface area contributed by atoms with Crippen molar-refractivity contribution in [3.63, 3.8) is 0 Å². The van der Waals surface area contributed by atoms with Gasteiger partial charge in [-0.25, -0.2) is 9.97 Å². The van der Waals surface area contributed by atoms with Crippen LogP contribution in [-0.4, -0.2) is 51.0 Å². The van der Waals surface area contributed by atoms with Crippen molar-refractivity contribution >= 4 is 5.91 Å². The van der Waals surface area contributed by atoms with Crippen LogP contribution in [0.2, 0.25) is 0 Å². The molecule has 27 heavy (non-hydrogen) atoms. The molecule has 2 N–H and O–H groups in total. The number of imidazole rings is 1. The summed E-state index contributed by atoms with van der Waals surface area (Å²) in [5.74, 6) is 2.47. The van der Waals surface area contributed by atoms with Gasteiger partial charge in [0.1, 0.15) is 11.6 Å². The van der Waals surface area contributed by atoms with Crippen LogP contribution in [0.1, 0.15) is 44.1 Å². The van der Waals surface area contributed by atoms with Crippen molar-refractivity contribution in [2.75, 3.05) is 19.6 Å². The SMILES string of the molecule is CCc1nccn1-c1cccc(C2CCCN(C(=O)C3CNNC3C)C2)n1. The standard InChI is InChI=1S/C20H28N6O/c1-3-18-21-9-11-26(18)19-8-4-7-17(23-19)15-6-5-10-25(13-15)20(27)16-12-22-24-14(16)2/h4,7-9,11,14-16,22,24H,3,5-6,10,12-13H2,1-2H3. The van der Waals surface area contributed by atoms with E-state index in [1.807, 2.05) is 27.9 Å². The Morgan fingerprint density at radius 1 is 1.37 bits per heavy atom. The minimum atomic E-state index is 0.0149. The number of piperidine rings is 1. The van der Waals surface area contributed by atoms with Crippen LogP contribution in [0.3, 0.4) is 0 Å². The van der Waals surface area contributed by atoms with Crippen molar-refractivity contribution in [3.8, 4) is 5.82 Å². The molecule has 3 atom stereocenters. The van der Waals surface area contributed by atoms with Crippen molar-refractivity contribution in [1.29, 1.82) is 0 Å². The van der Waals surface area contributed by atoms with Gasteiger partial charge in [0.2, 0.25) is 5.91 Å². The first-order valence-corrected chi connectivity index (χ1v) is 9.94. The fourth-order valence-corrected chi connectivity index (χ4v) is 4.17. The second-order valence-corrected chi connectivity index (χ2v) is 7.53. The highest BCUT2D eigenvalue weighted by Crippen LogP contribution is 2.28. The number of carbonyl (C=O) groups is 1. The van der Waals surface area contributed by atoms with Crippen LogP contribution in [0.5, 0.6) is 0 Å². The lowest BCUT2D eigenvalue weighted by atomic mass is 9.92. The molecule has 3 unspecified atom stereocenters. The van der Waals surface area contributed by atoms with E-state index in [0.717, 1.165) is 49.7 Å². The highest BCUT2D eigenvalue weighted by Gasteiger charge is 2.35. The summed E-state index contributed by atoms with van der Waals surface area (Å²) in [7, 11) is 0. The molecule has 2 aliphatic rings. The summed E-state index contributed by atoms with van der Waals surface area (Å²) in [6.07, 6.45) is 6.74. The molecule has 1 amide bonds. The second kappa shape index (κ2) is 7.78. The normalized spacial score (nSPS) is 25.7. The number of rotatable bonds is 4. The molecule has 0 bridgehead atoms. The Bertz CT molecular complexity index is 803. The molecular formula is C20H28N6O. The Morgan fingerprint density at radius 3 is 3.04 bits per heavy atom. The molecule has 2 saturated heterocycles. The number of aryl methyl sites for hydroxylation is 1. The number of nitrogens with one attached hydrogen (secondary N) is 2. The zero-order valence-corrected chi connectivity index (χ0v) is 16.1. The average molecular weight is 368 g/mol. The summed E-state index contributed by atoms with van der Waals surface area (Å²) in [6.45, 7) is 6.46. The highest BCUT2D eigenvalue weighted by molar-refractivity contribution is 5.80. The summed E-state index contributed by atoms with van der Waals surface area (Å²) >= 11 is 0. The molecule has 2 aliphatic heterocycles. The van der Waals surface area contributed by atoms with Crippen LogP contribution >= 0.6 is 0 Å². The van der Waals surface area contributed by atoms with Crippen LogP contribution < -0.4 is 10.9 Å². The molecule has 0 aliphatic carbocycles. The van der Waals surface area contributed by atoms with E-state index in [1.54, 1.807) is 0 Å². The average Bonchev–Trinajstić information content (AvgIpc) is 3.36. The van der Waals surface area contributed by atoms with Crippen LogP contribution in [0.25, 0.3) is 5.82 Å². The van der Waals surface area contributed by atoms with E-state index in [1.165, 1.54) is 0 Å². The summed E-state index contributed by atoms with van der Waals surface area (Å²) < 4.78 is 2.05. The van der Waals surface area contributed by atoms with Gasteiger partial charge in [0, 0.05) is 56.1 Å². The van der Waals surface area contributed by atoms with Gasteiger partial charge in [-0.1, -0.05) is 13.0 Å². The Balaban J connectivity index is 1.52. The van der Waals surface area contributed by atoms with Crippen LogP contribution in [0.4, 0.5) is 0 Å². The molecule has 2 aromatic rings. The number of hydrogen-bond acceptors (Lipinski definition) is 5. The molecule has 2 fully saturated rings. The molecule has 144 valence electrons. The summed E-state index contributed by atoms with van der Waals surface area (Å²) in [6, 6.07) is 6.35. The summed E-state index contributed by atoms with van der Waals surface area (Å²) in [4.78, 5) is 24.3. The van der Waals surface area contributed by atoms with E-state index in [4.69, 9.17) is 4.98 Å². The quantitative estimate of drug-likeness (QED) is 0.858. The smallest absolute Gasteiger partial charge is 0.228 e. The van der Waals surface area contributed by atoms with Gasteiger partial charge >= 0.3 is 0 Å². The molecule has 2 aromatic heterocycles. The topological polar surface area (TPSA) is 75.1 Å². The van der Waals surface area contributed by atoms with Crippen LogP contribution in [0.15, 0.2) is 30.6 Å². The van der Waals surface area contributed by atoms with Gasteiger partial charge in [0.05, 0.1) is 5.92 Å². The third-order valence-electron chi connectivity index (χ3n) is 5.76. The van der Waals surface area contributed by atoms with Gasteiger partial charge in [-0.3, -0.25) is 20.2 Å². The number of pyridine rings is 1. The lowest BCUT2D eigenvalue weighted by molar-refractivity contribution is -0.136. The van der Waals surface area contributed by atoms with Crippen LogP contribution in [-0.2, 0) is 11.2 Å². The zero-order chi connectivity index (χ0) is 18.8. The van der Waals surface area contributed by atoms with E-state index in [-0.39, 0.29) is 23.8 Å². The van der Waals surface area contributed by atoms with E-state index < -0.39 is 0 Å². The third kappa shape index (κ3) is 3.61. The first kappa shape index (κ1) is 18.1. The maximum atomic E-state index is 12.9. The molecule has 0 radical (unpaired) electrons. The molecule has 7 heteroatoms. The minimum absolute atomic E-state index is 0.0149. The first-order chi connectivity index (χ1) is 13.2. The maximum absolute atomic E-state index is 12.9. The van der Waals surface area contributed by atoms with Crippen LogP contribution in [0, 0.1) is 5.92 Å². The molecule has 0 aromatic carbocycles. The number of aromatic nitrogens is 3. The fourth-order valence-electron chi connectivity index (χ4n) is 4.17. The van der Waals surface area contributed by atoms with Gasteiger partial charge in [-0.05, 0) is 31.9 Å². The number of hydrazine groups is 1. The van der Waals surface area contributed by atoms with Crippen molar-refractivity contribution in [2.45, 2.75) is 45.1 Å². The highest BCUT2D eigenvalue weighted by atomic mass is 16.2. The zero-order valence-electron chi connectivity index (χ0n) is 16.1. The van der Waals surface area contributed by atoms with E-state index >= 15 is 0 Å². The predicted molar refractivity (Wildman–Crippen MR) is 103 cm³/mol. The van der Waals surface area contributed by atoms with E-state index in [2.05, 4.69) is 41.8 Å². The Hall–Kier alpha value is -2.25. The van der Waals surface area contributed by atoms with Gasteiger partial charge < -0.3 is 4.90 Å². The molecule has 4 heterocycles. The summed E-state index contributed by atoms with van der Waals surface area (Å²) in [5, 5.41) is 0. The molecular weight excluding hydrogens is 340 g/mol. The van der Waals surface area contributed by atoms with E-state index in [9.17, 15) is 4.79 Å². The number of hydrogen-bond donors (Lipinski definition) is 2. The lowest BCUT2D eigenvalue weighted by Crippen LogP contribution is -2.45. The largest absolute Gasteiger partial charge is 0.342 e. The van der Waals surface area contributed by atoms with Crippen molar-refractivity contribution in [1.82, 2.24) is 30.3 Å². The predicted octanol–water partition coefficient (Wildman–Crippen LogP) is 1.65. The Labute approximate surface area is 160 Å². The maximum Gasteiger partial charge on any atom is 0.228 e. The molecule has 4 rings (SSSR count). The number of likely N-dealkylation sites (tertiary alicyclic amines) is 1. The Kier molecular flexibility index (Phi) is 5.22. The number of carbonyl (C=O) groups excluding carboxylic acids is 1. The van der Waals surface area contributed by atoms with Gasteiger partial charge in [0.15, 0.2) is 0 Å². The first-order valence-electron chi connectivity index (χ1n) is 9.94. The molecule has 7 nitrogen and oxygen atoms in total. The van der Waals surface area contributed by atoms with E-state index in [0.29, 0.717) is 6.54 Å².